The summed E-state index contributed by atoms with van der Waals surface area (Å²) in [5.74, 6) is 1.31. The number of hydrogen-bond donors (Lipinski definition) is 1. The summed E-state index contributed by atoms with van der Waals surface area (Å²) in [5, 5.41) is 14.7. The van der Waals surface area contributed by atoms with Crippen LogP contribution < -0.4 is 10.1 Å². The van der Waals surface area contributed by atoms with Gasteiger partial charge in [0.15, 0.2) is 5.82 Å². The zero-order valence-electron chi connectivity index (χ0n) is 12.8. The van der Waals surface area contributed by atoms with Crippen LogP contribution >= 0.6 is 0 Å². The number of benzene rings is 1. The van der Waals surface area contributed by atoms with Gasteiger partial charge in [-0.05, 0) is 35.4 Å². The molecule has 1 amide bonds. The molecule has 120 valence electrons. The number of rotatable bonds is 5. The van der Waals surface area contributed by atoms with E-state index >= 15 is 0 Å². The Labute approximate surface area is 134 Å². The van der Waals surface area contributed by atoms with E-state index < -0.39 is 0 Å². The Balaban J connectivity index is 1.65. The second-order valence-corrected chi connectivity index (χ2v) is 5.41. The molecule has 1 aromatic carbocycles. The third-order valence-corrected chi connectivity index (χ3v) is 3.84. The molecule has 1 unspecified atom stereocenters. The third kappa shape index (κ3) is 3.56. The van der Waals surface area contributed by atoms with E-state index in [2.05, 4.69) is 27.4 Å². The van der Waals surface area contributed by atoms with Gasteiger partial charge in [-0.1, -0.05) is 24.8 Å². The maximum atomic E-state index is 12.6. The van der Waals surface area contributed by atoms with Crippen LogP contribution in [0, 0.1) is 0 Å². The molecule has 0 saturated carbocycles. The zero-order chi connectivity index (χ0) is 16.1. The SMILES string of the molecule is C=CCOc1ccccc1C(=O)NC1CCc2nnnn2CC1. The van der Waals surface area contributed by atoms with E-state index in [0.29, 0.717) is 24.5 Å². The number of hydrogen-bond acceptors (Lipinski definition) is 5. The molecule has 1 atom stereocenters. The van der Waals surface area contributed by atoms with Crippen LogP contribution in [0.3, 0.4) is 0 Å². The van der Waals surface area contributed by atoms with E-state index in [1.165, 1.54) is 0 Å². The number of para-hydroxylation sites is 1. The molecule has 1 N–H and O–H groups in total. The minimum absolute atomic E-state index is 0.0819. The number of nitrogens with one attached hydrogen (secondary N) is 1. The summed E-state index contributed by atoms with van der Waals surface area (Å²) in [6.07, 6.45) is 4.04. The average molecular weight is 313 g/mol. The van der Waals surface area contributed by atoms with Gasteiger partial charge in [0, 0.05) is 19.0 Å². The summed E-state index contributed by atoms with van der Waals surface area (Å²) in [7, 11) is 0. The van der Waals surface area contributed by atoms with Crippen molar-refractivity contribution in [3.8, 4) is 5.75 Å². The first-order valence-corrected chi connectivity index (χ1v) is 7.66. The van der Waals surface area contributed by atoms with Crippen molar-refractivity contribution in [3.05, 3.63) is 48.3 Å². The highest BCUT2D eigenvalue weighted by atomic mass is 16.5. The summed E-state index contributed by atoms with van der Waals surface area (Å²) in [6, 6.07) is 7.31. The molecule has 0 saturated heterocycles. The molecule has 0 aliphatic carbocycles. The Morgan fingerprint density at radius 3 is 3.17 bits per heavy atom. The van der Waals surface area contributed by atoms with Gasteiger partial charge in [0.25, 0.3) is 5.91 Å². The highest BCUT2D eigenvalue weighted by Gasteiger charge is 2.21. The van der Waals surface area contributed by atoms with Crippen LogP contribution in [-0.4, -0.2) is 38.8 Å². The number of amides is 1. The van der Waals surface area contributed by atoms with Crippen LogP contribution in [0.15, 0.2) is 36.9 Å². The van der Waals surface area contributed by atoms with Crippen LogP contribution in [0.4, 0.5) is 0 Å². The van der Waals surface area contributed by atoms with E-state index in [1.807, 2.05) is 12.1 Å². The van der Waals surface area contributed by atoms with Gasteiger partial charge < -0.3 is 10.1 Å². The number of carbonyl (C=O) groups excluding carboxylic acids is 1. The fraction of sp³-hybridized carbons (Fsp3) is 0.375. The van der Waals surface area contributed by atoms with Crippen molar-refractivity contribution >= 4 is 5.91 Å². The van der Waals surface area contributed by atoms with Crippen LogP contribution in [0.1, 0.15) is 29.0 Å². The molecular formula is C16H19N5O2. The van der Waals surface area contributed by atoms with Gasteiger partial charge in [0.05, 0.1) is 5.56 Å². The average Bonchev–Trinajstić information content (AvgIpc) is 2.95. The zero-order valence-corrected chi connectivity index (χ0v) is 12.8. The third-order valence-electron chi connectivity index (χ3n) is 3.84. The van der Waals surface area contributed by atoms with Gasteiger partial charge in [-0.15, -0.1) is 5.10 Å². The lowest BCUT2D eigenvalue weighted by Crippen LogP contribution is -2.35. The monoisotopic (exact) mass is 313 g/mol. The van der Waals surface area contributed by atoms with E-state index in [1.54, 1.807) is 22.9 Å². The standard InChI is InChI=1S/C16H19N5O2/c1-2-11-23-14-6-4-3-5-13(14)16(22)17-12-7-8-15-18-19-20-21(15)10-9-12/h2-6,12H,1,7-11H2,(H,17,22). The number of ether oxygens (including phenoxy) is 1. The highest BCUT2D eigenvalue weighted by Crippen LogP contribution is 2.19. The summed E-state index contributed by atoms with van der Waals surface area (Å²) in [6.45, 7) is 4.70. The van der Waals surface area contributed by atoms with Gasteiger partial charge in [0.2, 0.25) is 0 Å². The maximum absolute atomic E-state index is 12.6. The molecule has 1 aliphatic rings. The minimum Gasteiger partial charge on any atom is -0.489 e. The van der Waals surface area contributed by atoms with Crippen LogP contribution in [0.5, 0.6) is 5.75 Å². The van der Waals surface area contributed by atoms with Gasteiger partial charge in [0.1, 0.15) is 12.4 Å². The molecule has 0 fully saturated rings. The van der Waals surface area contributed by atoms with E-state index in [9.17, 15) is 4.79 Å². The molecule has 0 spiro atoms. The second-order valence-electron chi connectivity index (χ2n) is 5.41. The summed E-state index contributed by atoms with van der Waals surface area (Å²) in [4.78, 5) is 12.6. The maximum Gasteiger partial charge on any atom is 0.255 e. The van der Waals surface area contributed by atoms with E-state index in [0.717, 1.165) is 25.1 Å². The molecule has 23 heavy (non-hydrogen) atoms. The van der Waals surface area contributed by atoms with Crippen LogP contribution in [0.25, 0.3) is 0 Å². The molecule has 7 nitrogen and oxygen atoms in total. The molecule has 7 heteroatoms. The molecule has 1 aliphatic heterocycles. The molecule has 2 aromatic rings. The van der Waals surface area contributed by atoms with Gasteiger partial charge >= 0.3 is 0 Å². The van der Waals surface area contributed by atoms with Crippen molar-refractivity contribution in [2.45, 2.75) is 31.8 Å². The first kappa shape index (κ1) is 15.2. The largest absolute Gasteiger partial charge is 0.489 e. The Hall–Kier alpha value is -2.70. The highest BCUT2D eigenvalue weighted by molar-refractivity contribution is 5.97. The van der Waals surface area contributed by atoms with E-state index in [-0.39, 0.29) is 11.9 Å². The lowest BCUT2D eigenvalue weighted by atomic mass is 10.1. The van der Waals surface area contributed by atoms with Crippen molar-refractivity contribution in [1.82, 2.24) is 25.5 Å². The number of nitrogens with zero attached hydrogens (tertiary/aromatic N) is 4. The lowest BCUT2D eigenvalue weighted by molar-refractivity contribution is 0.0929. The number of carbonyl (C=O) groups is 1. The minimum atomic E-state index is -0.125. The number of tetrazole rings is 1. The fourth-order valence-corrected chi connectivity index (χ4v) is 2.64. The second kappa shape index (κ2) is 7.04. The van der Waals surface area contributed by atoms with Crippen molar-refractivity contribution in [3.63, 3.8) is 0 Å². The topological polar surface area (TPSA) is 81.9 Å². The molecule has 3 rings (SSSR count). The van der Waals surface area contributed by atoms with Crippen LogP contribution in [0.2, 0.25) is 0 Å². The predicted octanol–water partition coefficient (Wildman–Crippen LogP) is 1.37. The Kier molecular flexibility index (Phi) is 4.65. The Morgan fingerprint density at radius 1 is 1.43 bits per heavy atom. The van der Waals surface area contributed by atoms with Crippen molar-refractivity contribution in [2.75, 3.05) is 6.61 Å². The first-order chi connectivity index (χ1) is 11.3. The van der Waals surface area contributed by atoms with Crippen molar-refractivity contribution in [1.29, 1.82) is 0 Å². The summed E-state index contributed by atoms with van der Waals surface area (Å²) >= 11 is 0. The van der Waals surface area contributed by atoms with Gasteiger partial charge in [-0.25, -0.2) is 4.68 Å². The Morgan fingerprint density at radius 2 is 2.30 bits per heavy atom. The summed E-state index contributed by atoms with van der Waals surface area (Å²) < 4.78 is 7.35. The number of aromatic nitrogens is 4. The smallest absolute Gasteiger partial charge is 0.255 e. The lowest BCUT2D eigenvalue weighted by Gasteiger charge is -2.17. The first-order valence-electron chi connectivity index (χ1n) is 7.66. The van der Waals surface area contributed by atoms with Crippen molar-refractivity contribution in [2.24, 2.45) is 0 Å². The normalized spacial score (nSPS) is 17.0. The van der Waals surface area contributed by atoms with Gasteiger partial charge in [-0.2, -0.15) is 0 Å². The van der Waals surface area contributed by atoms with Gasteiger partial charge in [-0.3, -0.25) is 4.79 Å². The molecular weight excluding hydrogens is 294 g/mol. The number of aryl methyl sites for hydroxylation is 2. The number of fused-ring (bicyclic) bond motifs is 1. The van der Waals surface area contributed by atoms with Crippen LogP contribution in [-0.2, 0) is 13.0 Å². The fourth-order valence-electron chi connectivity index (χ4n) is 2.64. The summed E-state index contributed by atoms with van der Waals surface area (Å²) in [5.41, 5.74) is 0.538. The molecule has 0 radical (unpaired) electrons. The molecule has 1 aromatic heterocycles. The Bertz CT molecular complexity index is 675. The molecule has 2 heterocycles. The molecule has 0 bridgehead atoms. The van der Waals surface area contributed by atoms with E-state index in [4.69, 9.17) is 4.74 Å². The quantitative estimate of drug-likeness (QED) is 0.843. The van der Waals surface area contributed by atoms with Crippen molar-refractivity contribution < 1.29 is 9.53 Å². The predicted molar refractivity (Wildman–Crippen MR) is 84.1 cm³/mol.